The van der Waals surface area contributed by atoms with Gasteiger partial charge in [0.1, 0.15) is 0 Å². The summed E-state index contributed by atoms with van der Waals surface area (Å²) in [5.74, 6) is -0.161. The summed E-state index contributed by atoms with van der Waals surface area (Å²) >= 11 is 0. The molecule has 1 rings (SSSR count). The number of carbonyl (C=O) groups excluding carboxylic acids is 1. The van der Waals surface area contributed by atoms with Crippen LogP contribution in [0.25, 0.3) is 0 Å². The van der Waals surface area contributed by atoms with Gasteiger partial charge >= 0.3 is 0 Å². The predicted molar refractivity (Wildman–Crippen MR) is 59.2 cm³/mol. The van der Waals surface area contributed by atoms with E-state index >= 15 is 0 Å². The molecule has 1 unspecified atom stereocenters. The number of hydrogen-bond donors (Lipinski definition) is 0. The average molecular weight is 205 g/mol. The van der Waals surface area contributed by atoms with Crippen molar-refractivity contribution in [2.24, 2.45) is 0 Å². The minimum Gasteiger partial charge on any atom is -0.357 e. The first-order valence-corrected chi connectivity index (χ1v) is 4.67. The molecule has 1 amide bonds. The molecule has 0 saturated carbocycles. The van der Waals surface area contributed by atoms with Gasteiger partial charge in [-0.05, 0) is 6.08 Å². The highest BCUT2D eigenvalue weighted by Crippen LogP contribution is 2.19. The molecule has 1 aromatic rings. The molecule has 0 aliphatic heterocycles. The van der Waals surface area contributed by atoms with E-state index in [0.29, 0.717) is 0 Å². The van der Waals surface area contributed by atoms with Gasteiger partial charge in [-0.2, -0.15) is 0 Å². The number of rotatable bonds is 4. The maximum Gasteiger partial charge on any atom is 0.247 e. The van der Waals surface area contributed by atoms with Crippen LogP contribution in [0.5, 0.6) is 0 Å². The lowest BCUT2D eigenvalue weighted by molar-refractivity contribution is -0.136. The molecule has 3 nitrogen and oxygen atoms in total. The summed E-state index contributed by atoms with van der Waals surface area (Å²) in [4.78, 5) is 12.9. The summed E-state index contributed by atoms with van der Waals surface area (Å²) in [6.45, 7) is 3.45. The van der Waals surface area contributed by atoms with E-state index in [1.165, 1.54) is 11.0 Å². The van der Waals surface area contributed by atoms with Gasteiger partial charge in [-0.25, -0.2) is 0 Å². The molecule has 0 heterocycles. The second-order valence-corrected chi connectivity index (χ2v) is 3.15. The zero-order valence-corrected chi connectivity index (χ0v) is 9.01. The first-order valence-electron chi connectivity index (χ1n) is 4.67. The number of nitrogens with zero attached hydrogens (tertiary/aromatic N) is 1. The minimum absolute atomic E-state index is 0.161. The molecule has 80 valence electrons. The molecule has 15 heavy (non-hydrogen) atoms. The quantitative estimate of drug-likeness (QED) is 0.555. The van der Waals surface area contributed by atoms with Crippen LogP contribution in [-0.4, -0.2) is 25.0 Å². The van der Waals surface area contributed by atoms with E-state index < -0.39 is 0 Å². The number of methoxy groups -OCH3 is 1. The molecule has 0 aliphatic rings. The van der Waals surface area contributed by atoms with Gasteiger partial charge < -0.3 is 9.64 Å². The standard InChI is InChI=1S/C12H15NO2/c1-4-11(14)13(2)12(15-3)10-8-6-5-7-9-10/h4-9,12H,1H2,2-3H3. The monoisotopic (exact) mass is 205 g/mol. The second-order valence-electron chi connectivity index (χ2n) is 3.15. The Morgan fingerprint density at radius 3 is 2.53 bits per heavy atom. The lowest BCUT2D eigenvalue weighted by Gasteiger charge is -2.26. The van der Waals surface area contributed by atoms with Gasteiger partial charge in [-0.1, -0.05) is 36.9 Å². The minimum atomic E-state index is -0.364. The van der Waals surface area contributed by atoms with Crippen molar-refractivity contribution in [1.29, 1.82) is 0 Å². The predicted octanol–water partition coefficient (Wildman–Crippen LogP) is 1.98. The van der Waals surface area contributed by atoms with Crippen LogP contribution in [-0.2, 0) is 9.53 Å². The summed E-state index contributed by atoms with van der Waals surface area (Å²) in [5, 5.41) is 0. The zero-order valence-electron chi connectivity index (χ0n) is 9.01. The fourth-order valence-corrected chi connectivity index (χ4v) is 1.40. The van der Waals surface area contributed by atoms with Crippen LogP contribution < -0.4 is 0 Å². The van der Waals surface area contributed by atoms with Crippen molar-refractivity contribution in [2.75, 3.05) is 14.2 Å². The zero-order chi connectivity index (χ0) is 11.3. The summed E-state index contributed by atoms with van der Waals surface area (Å²) in [6.07, 6.45) is 0.909. The Bertz CT molecular complexity index is 335. The van der Waals surface area contributed by atoms with E-state index in [-0.39, 0.29) is 12.1 Å². The number of likely N-dealkylation sites (N-methyl/N-ethyl adjacent to an activating group) is 1. The number of amides is 1. The van der Waals surface area contributed by atoms with Gasteiger partial charge in [-0.15, -0.1) is 0 Å². The van der Waals surface area contributed by atoms with Gasteiger partial charge in [0, 0.05) is 19.7 Å². The Balaban J connectivity index is 2.89. The van der Waals surface area contributed by atoms with Crippen molar-refractivity contribution in [3.8, 4) is 0 Å². The molecule has 0 N–H and O–H groups in total. The highest BCUT2D eigenvalue weighted by Gasteiger charge is 2.18. The van der Waals surface area contributed by atoms with Gasteiger partial charge in [0.25, 0.3) is 0 Å². The normalized spacial score (nSPS) is 11.9. The van der Waals surface area contributed by atoms with E-state index in [0.717, 1.165) is 5.56 Å². The largest absolute Gasteiger partial charge is 0.357 e. The Kier molecular flexibility index (Phi) is 4.06. The van der Waals surface area contributed by atoms with E-state index in [4.69, 9.17) is 4.74 Å². The lowest BCUT2D eigenvalue weighted by atomic mass is 10.2. The average Bonchev–Trinajstić information content (AvgIpc) is 2.30. The van der Waals surface area contributed by atoms with Crippen LogP contribution in [0.2, 0.25) is 0 Å². The van der Waals surface area contributed by atoms with Crippen molar-refractivity contribution in [2.45, 2.75) is 6.23 Å². The molecular formula is C12H15NO2. The molecule has 0 aliphatic carbocycles. The fourth-order valence-electron chi connectivity index (χ4n) is 1.40. The fraction of sp³-hybridized carbons (Fsp3) is 0.250. The summed E-state index contributed by atoms with van der Waals surface area (Å²) in [7, 11) is 3.26. The number of benzene rings is 1. The molecule has 0 saturated heterocycles. The second kappa shape index (κ2) is 5.32. The number of ether oxygens (including phenoxy) is 1. The van der Waals surface area contributed by atoms with Crippen molar-refractivity contribution in [3.05, 3.63) is 48.6 Å². The van der Waals surface area contributed by atoms with Gasteiger partial charge in [0.05, 0.1) is 0 Å². The smallest absolute Gasteiger partial charge is 0.247 e. The summed E-state index contributed by atoms with van der Waals surface area (Å²) < 4.78 is 5.28. The lowest BCUT2D eigenvalue weighted by Crippen LogP contribution is -2.30. The first-order chi connectivity index (χ1) is 7.20. The maximum atomic E-state index is 11.4. The van der Waals surface area contributed by atoms with E-state index in [2.05, 4.69) is 6.58 Å². The van der Waals surface area contributed by atoms with E-state index in [1.807, 2.05) is 30.3 Å². The number of carbonyl (C=O) groups is 1. The van der Waals surface area contributed by atoms with Crippen LogP contribution in [0.4, 0.5) is 0 Å². The third-order valence-corrected chi connectivity index (χ3v) is 2.18. The van der Waals surface area contributed by atoms with Crippen molar-refractivity contribution in [3.63, 3.8) is 0 Å². The third kappa shape index (κ3) is 2.67. The Hall–Kier alpha value is -1.61. The van der Waals surface area contributed by atoms with Crippen molar-refractivity contribution >= 4 is 5.91 Å². The first kappa shape index (κ1) is 11.5. The van der Waals surface area contributed by atoms with Crippen LogP contribution >= 0.6 is 0 Å². The van der Waals surface area contributed by atoms with E-state index in [9.17, 15) is 4.79 Å². The molecule has 1 aromatic carbocycles. The van der Waals surface area contributed by atoms with Crippen LogP contribution in [0.1, 0.15) is 11.8 Å². The summed E-state index contributed by atoms with van der Waals surface area (Å²) in [5.41, 5.74) is 0.942. The topological polar surface area (TPSA) is 29.5 Å². The summed E-state index contributed by atoms with van der Waals surface area (Å²) in [6, 6.07) is 9.58. The Morgan fingerprint density at radius 1 is 1.47 bits per heavy atom. The van der Waals surface area contributed by atoms with E-state index in [1.54, 1.807) is 14.2 Å². The Labute approximate surface area is 90.0 Å². The molecule has 0 spiro atoms. The molecule has 0 aromatic heterocycles. The van der Waals surface area contributed by atoms with Gasteiger partial charge in [0.2, 0.25) is 5.91 Å². The molecule has 0 radical (unpaired) electrons. The van der Waals surface area contributed by atoms with Crippen molar-refractivity contribution in [1.82, 2.24) is 4.90 Å². The molecule has 1 atom stereocenters. The van der Waals surface area contributed by atoms with Crippen LogP contribution in [0.3, 0.4) is 0 Å². The SMILES string of the molecule is C=CC(=O)N(C)C(OC)c1ccccc1. The highest BCUT2D eigenvalue weighted by molar-refractivity contribution is 5.87. The molecule has 3 heteroatoms. The van der Waals surface area contributed by atoms with Crippen LogP contribution in [0.15, 0.2) is 43.0 Å². The van der Waals surface area contributed by atoms with Gasteiger partial charge in [0.15, 0.2) is 6.23 Å². The van der Waals surface area contributed by atoms with Crippen molar-refractivity contribution < 1.29 is 9.53 Å². The molecule has 0 fully saturated rings. The Morgan fingerprint density at radius 2 is 2.07 bits per heavy atom. The molecule has 0 bridgehead atoms. The molecular weight excluding hydrogens is 190 g/mol. The number of hydrogen-bond acceptors (Lipinski definition) is 2. The van der Waals surface area contributed by atoms with Gasteiger partial charge in [-0.3, -0.25) is 4.79 Å². The maximum absolute atomic E-state index is 11.4. The van der Waals surface area contributed by atoms with Crippen LogP contribution in [0, 0.1) is 0 Å². The third-order valence-electron chi connectivity index (χ3n) is 2.18. The highest BCUT2D eigenvalue weighted by atomic mass is 16.5.